The van der Waals surface area contributed by atoms with E-state index in [0.29, 0.717) is 24.6 Å². The number of hydrogen-bond donors (Lipinski definition) is 0. The zero-order chi connectivity index (χ0) is 16.0. The molecule has 1 atom stereocenters. The molecular formula is C16H16ClFN4O. The molecule has 2 heterocycles. The third-order valence-electron chi connectivity index (χ3n) is 4.51. The number of halogens is 2. The number of aromatic nitrogens is 3. The normalized spacial score (nSPS) is 21.0. The van der Waals surface area contributed by atoms with Crippen molar-refractivity contribution in [3.8, 4) is 0 Å². The number of likely N-dealkylation sites (tertiary alicyclic amines) is 1. The molecule has 0 unspecified atom stereocenters. The molecule has 2 fully saturated rings. The maximum atomic E-state index is 13.1. The Morgan fingerprint density at radius 1 is 1.30 bits per heavy atom. The first-order valence-electron chi connectivity index (χ1n) is 7.78. The summed E-state index contributed by atoms with van der Waals surface area (Å²) < 4.78 is 15.0. The molecule has 4 rings (SSSR count). The lowest BCUT2D eigenvalue weighted by Gasteiger charge is -2.17. The van der Waals surface area contributed by atoms with Crippen LogP contribution in [0.3, 0.4) is 0 Å². The Morgan fingerprint density at radius 3 is 2.87 bits per heavy atom. The monoisotopic (exact) mass is 334 g/mol. The van der Waals surface area contributed by atoms with Crippen molar-refractivity contribution in [1.29, 1.82) is 0 Å². The van der Waals surface area contributed by atoms with E-state index in [1.807, 2.05) is 10.9 Å². The van der Waals surface area contributed by atoms with E-state index in [4.69, 9.17) is 11.6 Å². The zero-order valence-corrected chi connectivity index (χ0v) is 13.2. The number of rotatable bonds is 3. The van der Waals surface area contributed by atoms with Crippen LogP contribution in [0.1, 0.15) is 47.3 Å². The molecular weight excluding hydrogens is 319 g/mol. The number of hydrogen-bond acceptors (Lipinski definition) is 3. The number of benzene rings is 1. The van der Waals surface area contributed by atoms with Gasteiger partial charge in [-0.1, -0.05) is 16.8 Å². The Kier molecular flexibility index (Phi) is 3.56. The highest BCUT2D eigenvalue weighted by atomic mass is 35.5. The van der Waals surface area contributed by atoms with E-state index in [-0.39, 0.29) is 17.0 Å². The van der Waals surface area contributed by atoms with Crippen molar-refractivity contribution in [2.45, 2.75) is 31.2 Å². The molecule has 0 N–H and O–H groups in total. The third kappa shape index (κ3) is 2.83. The first kappa shape index (κ1) is 14.6. The minimum atomic E-state index is -0.443. The van der Waals surface area contributed by atoms with Crippen molar-refractivity contribution in [3.05, 3.63) is 46.5 Å². The fourth-order valence-corrected chi connectivity index (χ4v) is 3.26. The average Bonchev–Trinajstić information content (AvgIpc) is 3.07. The molecule has 120 valence electrons. The molecule has 2 aliphatic rings. The van der Waals surface area contributed by atoms with Gasteiger partial charge < -0.3 is 4.90 Å². The van der Waals surface area contributed by atoms with E-state index in [1.165, 1.54) is 31.0 Å². The van der Waals surface area contributed by atoms with Gasteiger partial charge in [0.1, 0.15) is 5.82 Å². The first-order chi connectivity index (χ1) is 11.1. The summed E-state index contributed by atoms with van der Waals surface area (Å²) in [6.45, 7) is 1.20. The summed E-state index contributed by atoms with van der Waals surface area (Å²) in [4.78, 5) is 14.3. The quantitative estimate of drug-likeness (QED) is 0.867. The van der Waals surface area contributed by atoms with Gasteiger partial charge in [-0.2, -0.15) is 0 Å². The van der Waals surface area contributed by atoms with Crippen molar-refractivity contribution in [1.82, 2.24) is 19.9 Å². The molecule has 23 heavy (non-hydrogen) atoms. The second kappa shape index (κ2) is 5.60. The lowest BCUT2D eigenvalue weighted by atomic mass is 10.2. The predicted octanol–water partition coefficient (Wildman–Crippen LogP) is 3.04. The molecule has 5 nitrogen and oxygen atoms in total. The SMILES string of the molecule is O=C(c1ccc(F)cc1Cl)N1CC[C@H](n2cc(C3CC3)nn2)C1. The van der Waals surface area contributed by atoms with Crippen molar-refractivity contribution >= 4 is 17.5 Å². The van der Waals surface area contributed by atoms with E-state index >= 15 is 0 Å². The molecule has 1 aromatic heterocycles. The Balaban J connectivity index is 1.47. The Hall–Kier alpha value is -1.95. The highest BCUT2D eigenvalue weighted by molar-refractivity contribution is 6.33. The molecule has 1 amide bonds. The largest absolute Gasteiger partial charge is 0.336 e. The highest BCUT2D eigenvalue weighted by Crippen LogP contribution is 2.39. The van der Waals surface area contributed by atoms with Crippen LogP contribution in [0.25, 0.3) is 0 Å². The predicted molar refractivity (Wildman–Crippen MR) is 83.0 cm³/mol. The summed E-state index contributed by atoms with van der Waals surface area (Å²) in [7, 11) is 0. The van der Waals surface area contributed by atoms with Crippen LogP contribution < -0.4 is 0 Å². The topological polar surface area (TPSA) is 51.0 Å². The maximum absolute atomic E-state index is 13.1. The maximum Gasteiger partial charge on any atom is 0.255 e. The summed E-state index contributed by atoms with van der Waals surface area (Å²) in [6, 6.07) is 4.00. The lowest BCUT2D eigenvalue weighted by molar-refractivity contribution is 0.0787. The minimum Gasteiger partial charge on any atom is -0.336 e. The summed E-state index contributed by atoms with van der Waals surface area (Å²) in [5, 5.41) is 8.58. The van der Waals surface area contributed by atoms with Gasteiger partial charge in [0.2, 0.25) is 0 Å². The van der Waals surface area contributed by atoms with E-state index < -0.39 is 5.82 Å². The van der Waals surface area contributed by atoms with Gasteiger partial charge in [-0.15, -0.1) is 5.10 Å². The summed E-state index contributed by atoms with van der Waals surface area (Å²) in [6.07, 6.45) is 5.22. The van der Waals surface area contributed by atoms with Gasteiger partial charge in [0.15, 0.2) is 0 Å². The first-order valence-corrected chi connectivity index (χ1v) is 8.15. The number of carbonyl (C=O) groups excluding carboxylic acids is 1. The van der Waals surface area contributed by atoms with E-state index in [0.717, 1.165) is 12.1 Å². The molecule has 2 aromatic rings. The molecule has 1 aliphatic carbocycles. The highest BCUT2D eigenvalue weighted by Gasteiger charge is 2.32. The van der Waals surface area contributed by atoms with Crippen LogP contribution in [-0.4, -0.2) is 38.9 Å². The van der Waals surface area contributed by atoms with Gasteiger partial charge >= 0.3 is 0 Å². The molecule has 0 bridgehead atoms. The van der Waals surface area contributed by atoms with Crippen LogP contribution in [0.5, 0.6) is 0 Å². The number of amides is 1. The van der Waals surface area contributed by atoms with E-state index in [9.17, 15) is 9.18 Å². The fourth-order valence-electron chi connectivity index (χ4n) is 3.01. The molecule has 1 saturated heterocycles. The van der Waals surface area contributed by atoms with Gasteiger partial charge in [-0.3, -0.25) is 4.79 Å². The Morgan fingerprint density at radius 2 is 2.13 bits per heavy atom. The van der Waals surface area contributed by atoms with Gasteiger partial charge in [0, 0.05) is 25.2 Å². The standard InChI is InChI=1S/C16H16ClFN4O/c17-14-7-11(18)3-4-13(14)16(23)21-6-5-12(8-21)22-9-15(19-20-22)10-1-2-10/h3-4,7,9-10,12H,1-2,5-6,8H2/t12-/m0/s1. The fraction of sp³-hybridized carbons (Fsp3) is 0.438. The van der Waals surface area contributed by atoms with Crippen molar-refractivity contribution in [3.63, 3.8) is 0 Å². The second-order valence-electron chi connectivity index (χ2n) is 6.22. The van der Waals surface area contributed by atoms with Crippen LogP contribution in [0.15, 0.2) is 24.4 Å². The minimum absolute atomic E-state index is 0.137. The molecule has 1 aromatic carbocycles. The summed E-state index contributed by atoms with van der Waals surface area (Å²) >= 11 is 5.99. The molecule has 0 spiro atoms. The van der Waals surface area contributed by atoms with Gasteiger partial charge in [-0.05, 0) is 37.5 Å². The Bertz CT molecular complexity index is 758. The van der Waals surface area contributed by atoms with Crippen LogP contribution in [0, 0.1) is 5.82 Å². The number of nitrogens with zero attached hydrogens (tertiary/aromatic N) is 4. The summed E-state index contributed by atoms with van der Waals surface area (Å²) in [5.74, 6) is -0.0398. The Labute approximate surface area is 138 Å². The summed E-state index contributed by atoms with van der Waals surface area (Å²) in [5.41, 5.74) is 1.39. The van der Waals surface area contributed by atoms with Crippen LogP contribution >= 0.6 is 11.6 Å². The van der Waals surface area contributed by atoms with Crippen LogP contribution in [-0.2, 0) is 0 Å². The zero-order valence-electron chi connectivity index (χ0n) is 12.5. The van der Waals surface area contributed by atoms with Gasteiger partial charge in [0.25, 0.3) is 5.91 Å². The van der Waals surface area contributed by atoms with Crippen LogP contribution in [0.4, 0.5) is 4.39 Å². The molecule has 7 heteroatoms. The molecule has 1 saturated carbocycles. The van der Waals surface area contributed by atoms with E-state index in [1.54, 1.807) is 4.90 Å². The van der Waals surface area contributed by atoms with Crippen molar-refractivity contribution in [2.75, 3.05) is 13.1 Å². The van der Waals surface area contributed by atoms with Crippen LogP contribution in [0.2, 0.25) is 5.02 Å². The number of carbonyl (C=O) groups is 1. The lowest BCUT2D eigenvalue weighted by Crippen LogP contribution is -2.29. The molecule has 0 radical (unpaired) electrons. The van der Waals surface area contributed by atoms with Crippen molar-refractivity contribution < 1.29 is 9.18 Å². The van der Waals surface area contributed by atoms with Gasteiger partial charge in [-0.25, -0.2) is 9.07 Å². The third-order valence-corrected chi connectivity index (χ3v) is 4.82. The second-order valence-corrected chi connectivity index (χ2v) is 6.62. The smallest absolute Gasteiger partial charge is 0.255 e. The average molecular weight is 335 g/mol. The van der Waals surface area contributed by atoms with Gasteiger partial charge in [0.05, 0.1) is 22.3 Å². The molecule has 1 aliphatic heterocycles. The van der Waals surface area contributed by atoms with Crippen molar-refractivity contribution in [2.24, 2.45) is 0 Å². The van der Waals surface area contributed by atoms with E-state index in [2.05, 4.69) is 10.3 Å².